The molecule has 6 heteroatoms. The van der Waals surface area contributed by atoms with E-state index in [0.717, 1.165) is 4.47 Å². The van der Waals surface area contributed by atoms with E-state index in [1.807, 2.05) is 0 Å². The maximum atomic E-state index is 11.8. The third kappa shape index (κ3) is 6.06. The Morgan fingerprint density at radius 2 is 1.75 bits per heavy atom. The van der Waals surface area contributed by atoms with Crippen molar-refractivity contribution >= 4 is 28.0 Å². The Labute approximate surface area is 126 Å². The zero-order valence-electron chi connectivity index (χ0n) is 11.9. The molecule has 0 bridgehead atoms. The molecule has 0 saturated carbocycles. The summed E-state index contributed by atoms with van der Waals surface area (Å²) in [5, 5.41) is 2.42. The lowest BCUT2D eigenvalue weighted by atomic mass is 10.2. The zero-order valence-corrected chi connectivity index (χ0v) is 13.5. The maximum absolute atomic E-state index is 11.8. The van der Waals surface area contributed by atoms with Gasteiger partial charge < -0.3 is 14.8 Å². The standard InChI is InChI=1S/C14H18BrNO4/c1-9(16-13(18)20-14(2,3)4)12(17)19-11-7-5-10(15)6-8-11/h5-9H,1-4H3,(H,16,18). The van der Waals surface area contributed by atoms with Crippen molar-refractivity contribution in [3.8, 4) is 5.75 Å². The molecule has 1 atom stereocenters. The van der Waals surface area contributed by atoms with Crippen LogP contribution in [0.5, 0.6) is 5.75 Å². The fourth-order valence-electron chi connectivity index (χ4n) is 1.25. The van der Waals surface area contributed by atoms with Crippen LogP contribution in [0, 0.1) is 0 Å². The molecule has 1 aromatic carbocycles. The van der Waals surface area contributed by atoms with Gasteiger partial charge in [0, 0.05) is 4.47 Å². The lowest BCUT2D eigenvalue weighted by molar-refractivity contribution is -0.136. The van der Waals surface area contributed by atoms with Crippen molar-refractivity contribution in [3.05, 3.63) is 28.7 Å². The highest BCUT2D eigenvalue weighted by Crippen LogP contribution is 2.16. The predicted octanol–water partition coefficient (Wildman–Crippen LogP) is 3.27. The van der Waals surface area contributed by atoms with E-state index in [2.05, 4.69) is 21.2 Å². The van der Waals surface area contributed by atoms with E-state index in [0.29, 0.717) is 5.75 Å². The molecule has 1 rings (SSSR count). The Hall–Kier alpha value is -1.56. The van der Waals surface area contributed by atoms with Crippen molar-refractivity contribution < 1.29 is 19.1 Å². The summed E-state index contributed by atoms with van der Waals surface area (Å²) in [4.78, 5) is 23.3. The molecule has 0 radical (unpaired) electrons. The largest absolute Gasteiger partial charge is 0.444 e. The lowest BCUT2D eigenvalue weighted by Gasteiger charge is -2.21. The van der Waals surface area contributed by atoms with Crippen LogP contribution < -0.4 is 10.1 Å². The van der Waals surface area contributed by atoms with Crippen LogP contribution in [0.25, 0.3) is 0 Å². The molecule has 1 aromatic rings. The number of halogens is 1. The van der Waals surface area contributed by atoms with Crippen molar-refractivity contribution in [1.29, 1.82) is 0 Å². The first-order valence-corrected chi connectivity index (χ1v) is 6.93. The summed E-state index contributed by atoms with van der Waals surface area (Å²) in [5.41, 5.74) is -0.612. The molecule has 0 aliphatic carbocycles. The van der Waals surface area contributed by atoms with Gasteiger partial charge in [-0.15, -0.1) is 0 Å². The second-order valence-electron chi connectivity index (χ2n) is 5.24. The van der Waals surface area contributed by atoms with E-state index < -0.39 is 23.7 Å². The number of amides is 1. The van der Waals surface area contributed by atoms with Gasteiger partial charge in [-0.3, -0.25) is 0 Å². The van der Waals surface area contributed by atoms with Crippen molar-refractivity contribution in [2.45, 2.75) is 39.3 Å². The van der Waals surface area contributed by atoms with Crippen LogP contribution in [-0.4, -0.2) is 23.7 Å². The first-order valence-electron chi connectivity index (χ1n) is 6.14. The second-order valence-corrected chi connectivity index (χ2v) is 6.16. The molecule has 0 aliphatic heterocycles. The van der Waals surface area contributed by atoms with E-state index in [4.69, 9.17) is 9.47 Å². The quantitative estimate of drug-likeness (QED) is 0.675. The minimum atomic E-state index is -0.798. The Balaban J connectivity index is 2.51. The SMILES string of the molecule is CC(NC(=O)OC(C)(C)C)C(=O)Oc1ccc(Br)cc1. The normalized spacial score (nSPS) is 12.4. The molecule has 110 valence electrons. The third-order valence-electron chi connectivity index (χ3n) is 2.12. The molecule has 0 aromatic heterocycles. The van der Waals surface area contributed by atoms with Gasteiger partial charge in [0.2, 0.25) is 0 Å². The Morgan fingerprint density at radius 1 is 1.20 bits per heavy atom. The van der Waals surface area contributed by atoms with Crippen LogP contribution >= 0.6 is 15.9 Å². The third-order valence-corrected chi connectivity index (χ3v) is 2.65. The minimum Gasteiger partial charge on any atom is -0.444 e. The van der Waals surface area contributed by atoms with Crippen LogP contribution in [0.4, 0.5) is 4.79 Å². The molecule has 5 nitrogen and oxygen atoms in total. The van der Waals surface area contributed by atoms with Crippen LogP contribution in [-0.2, 0) is 9.53 Å². The maximum Gasteiger partial charge on any atom is 0.408 e. The number of ether oxygens (including phenoxy) is 2. The first kappa shape index (κ1) is 16.5. The summed E-state index contributed by atoms with van der Waals surface area (Å²) >= 11 is 3.29. The van der Waals surface area contributed by atoms with E-state index >= 15 is 0 Å². The number of alkyl carbamates (subject to hydrolysis) is 1. The average Bonchev–Trinajstić information content (AvgIpc) is 2.29. The van der Waals surface area contributed by atoms with Crippen LogP contribution in [0.3, 0.4) is 0 Å². The van der Waals surface area contributed by atoms with E-state index in [1.54, 1.807) is 45.0 Å². The van der Waals surface area contributed by atoms with Crippen LogP contribution in [0.2, 0.25) is 0 Å². The lowest BCUT2D eigenvalue weighted by Crippen LogP contribution is -2.43. The van der Waals surface area contributed by atoms with Crippen LogP contribution in [0.1, 0.15) is 27.7 Å². The summed E-state index contributed by atoms with van der Waals surface area (Å²) in [7, 11) is 0. The molecule has 1 N–H and O–H groups in total. The highest BCUT2D eigenvalue weighted by atomic mass is 79.9. The minimum absolute atomic E-state index is 0.413. The molecule has 0 saturated heterocycles. The molecule has 20 heavy (non-hydrogen) atoms. The number of esters is 1. The first-order chi connectivity index (χ1) is 9.17. The van der Waals surface area contributed by atoms with Crippen molar-refractivity contribution in [3.63, 3.8) is 0 Å². The van der Waals surface area contributed by atoms with E-state index in [-0.39, 0.29) is 0 Å². The number of nitrogens with one attached hydrogen (secondary N) is 1. The summed E-state index contributed by atoms with van der Waals surface area (Å²) in [6, 6.07) is 6.03. The van der Waals surface area contributed by atoms with Crippen LogP contribution in [0.15, 0.2) is 28.7 Å². The monoisotopic (exact) mass is 343 g/mol. The fraction of sp³-hybridized carbons (Fsp3) is 0.429. The van der Waals surface area contributed by atoms with Gasteiger partial charge in [0.15, 0.2) is 0 Å². The number of carbonyl (C=O) groups is 2. The summed E-state index contributed by atoms with van der Waals surface area (Å²) in [6.45, 7) is 6.78. The van der Waals surface area contributed by atoms with Crippen molar-refractivity contribution in [2.24, 2.45) is 0 Å². The van der Waals surface area contributed by atoms with Gasteiger partial charge >= 0.3 is 12.1 Å². The zero-order chi connectivity index (χ0) is 15.3. The number of hydrogen-bond acceptors (Lipinski definition) is 4. The van der Waals surface area contributed by atoms with Gasteiger partial charge in [0.05, 0.1) is 0 Å². The van der Waals surface area contributed by atoms with E-state index in [1.165, 1.54) is 6.92 Å². The van der Waals surface area contributed by atoms with Gasteiger partial charge in [0.1, 0.15) is 17.4 Å². The molecule has 1 unspecified atom stereocenters. The van der Waals surface area contributed by atoms with Crippen molar-refractivity contribution in [1.82, 2.24) is 5.32 Å². The summed E-state index contributed by atoms with van der Waals surface area (Å²) < 4.78 is 11.1. The summed E-state index contributed by atoms with van der Waals surface area (Å²) in [5.74, 6) is -0.144. The Bertz CT molecular complexity index is 479. The highest BCUT2D eigenvalue weighted by molar-refractivity contribution is 9.10. The number of rotatable bonds is 3. The average molecular weight is 344 g/mol. The van der Waals surface area contributed by atoms with Gasteiger partial charge in [-0.1, -0.05) is 15.9 Å². The Kier molecular flexibility index (Phi) is 5.56. The molecule has 0 spiro atoms. The van der Waals surface area contributed by atoms with Gasteiger partial charge in [0.25, 0.3) is 0 Å². The number of benzene rings is 1. The van der Waals surface area contributed by atoms with E-state index in [9.17, 15) is 9.59 Å². The number of carbonyl (C=O) groups excluding carboxylic acids is 2. The van der Waals surface area contributed by atoms with Gasteiger partial charge in [-0.2, -0.15) is 0 Å². The number of hydrogen-bond donors (Lipinski definition) is 1. The Morgan fingerprint density at radius 3 is 2.25 bits per heavy atom. The smallest absolute Gasteiger partial charge is 0.408 e. The molecular weight excluding hydrogens is 326 g/mol. The second kappa shape index (κ2) is 6.74. The van der Waals surface area contributed by atoms with Gasteiger partial charge in [-0.25, -0.2) is 9.59 Å². The summed E-state index contributed by atoms with van der Waals surface area (Å²) in [6.07, 6.45) is -0.655. The molecule has 0 aliphatic rings. The molecule has 0 heterocycles. The molecular formula is C14H18BrNO4. The molecule has 0 fully saturated rings. The highest BCUT2D eigenvalue weighted by Gasteiger charge is 2.22. The fourth-order valence-corrected chi connectivity index (χ4v) is 1.51. The predicted molar refractivity (Wildman–Crippen MR) is 78.6 cm³/mol. The molecule has 1 amide bonds. The topological polar surface area (TPSA) is 64.6 Å². The van der Waals surface area contributed by atoms with Crippen molar-refractivity contribution in [2.75, 3.05) is 0 Å². The van der Waals surface area contributed by atoms with Gasteiger partial charge in [-0.05, 0) is 52.0 Å².